The third-order valence-corrected chi connectivity index (χ3v) is 4.38. The van der Waals surface area contributed by atoms with E-state index < -0.39 is 13.4 Å². The Bertz CT molecular complexity index is 593. The first kappa shape index (κ1) is 17.4. The minimum atomic E-state index is -3.83. The number of phosphoric ester groups is 1. The zero-order valence-electron chi connectivity index (χ0n) is 12.2. The van der Waals surface area contributed by atoms with E-state index in [1.165, 1.54) is 6.92 Å². The number of nitrogens with zero attached hydrogens (tertiary/aromatic N) is 2. The number of hydrogen-bond acceptors (Lipinski definition) is 6. The van der Waals surface area contributed by atoms with Crippen molar-refractivity contribution in [2.24, 2.45) is 0 Å². The van der Waals surface area contributed by atoms with Crippen LogP contribution < -0.4 is 0 Å². The maximum Gasteiger partial charge on any atom is 0.476 e. The molecule has 1 rings (SSSR count). The first-order valence-corrected chi connectivity index (χ1v) is 7.91. The van der Waals surface area contributed by atoms with Gasteiger partial charge in [-0.05, 0) is 38.5 Å². The van der Waals surface area contributed by atoms with Crippen LogP contribution in [0, 0.1) is 22.7 Å². The molecule has 0 N–H and O–H groups in total. The summed E-state index contributed by atoms with van der Waals surface area (Å²) in [6, 6.07) is 10.2. The van der Waals surface area contributed by atoms with Crippen molar-refractivity contribution in [1.82, 2.24) is 0 Å². The molecule has 1 aromatic rings. The summed E-state index contributed by atoms with van der Waals surface area (Å²) in [7, 11) is -3.83. The van der Waals surface area contributed by atoms with Crippen molar-refractivity contribution in [2.45, 2.75) is 26.4 Å². The molecule has 112 valence electrons. The van der Waals surface area contributed by atoms with Crippen LogP contribution in [-0.4, -0.2) is 13.2 Å². The van der Waals surface area contributed by atoms with Crippen LogP contribution in [0.15, 0.2) is 24.3 Å². The van der Waals surface area contributed by atoms with E-state index in [-0.39, 0.29) is 13.2 Å². The summed E-state index contributed by atoms with van der Waals surface area (Å²) in [6.07, 6.45) is 0. The molecule has 0 aliphatic heterocycles. The Hall–Kier alpha value is -1.69. The fourth-order valence-corrected chi connectivity index (χ4v) is 3.04. The van der Waals surface area contributed by atoms with E-state index >= 15 is 0 Å². The van der Waals surface area contributed by atoms with Crippen LogP contribution in [-0.2, 0) is 23.7 Å². The van der Waals surface area contributed by atoms with Crippen LogP contribution in [0.3, 0.4) is 0 Å². The van der Waals surface area contributed by atoms with E-state index in [1.807, 2.05) is 12.1 Å². The molecular weight excluding hydrogens is 291 g/mol. The Kier molecular flexibility index (Phi) is 6.08. The first-order valence-electron chi connectivity index (χ1n) is 6.44. The molecule has 0 fully saturated rings. The van der Waals surface area contributed by atoms with Crippen LogP contribution >= 0.6 is 7.82 Å². The minimum absolute atomic E-state index is 0.131. The van der Waals surface area contributed by atoms with Gasteiger partial charge in [-0.1, -0.05) is 12.1 Å². The predicted octanol–water partition coefficient (Wildman–Crippen LogP) is 3.49. The van der Waals surface area contributed by atoms with Crippen molar-refractivity contribution in [3.63, 3.8) is 0 Å². The van der Waals surface area contributed by atoms with Gasteiger partial charge in [-0.3, -0.25) is 13.6 Å². The fourth-order valence-electron chi connectivity index (χ4n) is 1.63. The molecule has 0 bridgehead atoms. The topological polar surface area (TPSA) is 92.3 Å². The fraction of sp³-hybridized carbons (Fsp3) is 0.429. The highest BCUT2D eigenvalue weighted by Crippen LogP contribution is 2.54. The standard InChI is InChI=1S/C14H17N2O4P/c1-4-18-21(17,19-5-2)20-14(3,11-16)13-8-6-12(10-15)7-9-13/h6-9H,4-5H2,1-3H3. The number of phosphoric acid groups is 1. The van der Waals surface area contributed by atoms with Crippen molar-refractivity contribution in [1.29, 1.82) is 10.5 Å². The molecule has 6 nitrogen and oxygen atoms in total. The van der Waals surface area contributed by atoms with Crippen LogP contribution in [0.4, 0.5) is 0 Å². The Labute approximate surface area is 124 Å². The van der Waals surface area contributed by atoms with E-state index in [1.54, 1.807) is 38.1 Å². The normalized spacial score (nSPS) is 14.0. The van der Waals surface area contributed by atoms with Gasteiger partial charge >= 0.3 is 7.82 Å². The minimum Gasteiger partial charge on any atom is -0.287 e. The summed E-state index contributed by atoms with van der Waals surface area (Å²) in [5.74, 6) is 0. The lowest BCUT2D eigenvalue weighted by Gasteiger charge is -2.27. The first-order chi connectivity index (χ1) is 9.93. The second-order valence-electron chi connectivity index (χ2n) is 4.21. The van der Waals surface area contributed by atoms with Gasteiger partial charge in [0, 0.05) is 0 Å². The van der Waals surface area contributed by atoms with Crippen molar-refractivity contribution < 1.29 is 18.1 Å². The number of nitriles is 2. The monoisotopic (exact) mass is 308 g/mol. The molecule has 0 radical (unpaired) electrons. The molecule has 1 aromatic carbocycles. The Morgan fingerprint density at radius 1 is 1.14 bits per heavy atom. The molecule has 1 atom stereocenters. The van der Waals surface area contributed by atoms with E-state index in [0.717, 1.165) is 0 Å². The van der Waals surface area contributed by atoms with Crippen LogP contribution in [0.2, 0.25) is 0 Å². The lowest BCUT2D eigenvalue weighted by molar-refractivity contribution is 0.0555. The summed E-state index contributed by atoms with van der Waals surface area (Å²) in [6.45, 7) is 5.04. The summed E-state index contributed by atoms with van der Waals surface area (Å²) in [4.78, 5) is 0. The summed E-state index contributed by atoms with van der Waals surface area (Å²) in [5, 5.41) is 18.2. The van der Waals surface area contributed by atoms with Crippen molar-refractivity contribution in [3.05, 3.63) is 35.4 Å². The number of rotatable bonds is 7. The average Bonchev–Trinajstić information content (AvgIpc) is 2.47. The maximum atomic E-state index is 12.4. The van der Waals surface area contributed by atoms with Crippen molar-refractivity contribution in [2.75, 3.05) is 13.2 Å². The zero-order valence-corrected chi connectivity index (χ0v) is 13.1. The van der Waals surface area contributed by atoms with E-state index in [2.05, 4.69) is 0 Å². The van der Waals surface area contributed by atoms with E-state index in [9.17, 15) is 9.83 Å². The molecule has 7 heteroatoms. The van der Waals surface area contributed by atoms with Gasteiger partial charge in [0.15, 0.2) is 5.60 Å². The average molecular weight is 308 g/mol. The molecule has 21 heavy (non-hydrogen) atoms. The molecule has 0 heterocycles. The molecule has 0 aliphatic rings. The van der Waals surface area contributed by atoms with Crippen LogP contribution in [0.5, 0.6) is 0 Å². The third kappa shape index (κ3) is 4.39. The van der Waals surface area contributed by atoms with Gasteiger partial charge in [0.1, 0.15) is 6.07 Å². The smallest absolute Gasteiger partial charge is 0.287 e. The summed E-state index contributed by atoms with van der Waals surface area (Å²) < 4.78 is 27.9. The van der Waals surface area contributed by atoms with Gasteiger partial charge in [0.25, 0.3) is 0 Å². The molecule has 0 spiro atoms. The molecular formula is C14H17N2O4P. The number of benzene rings is 1. The SMILES string of the molecule is CCOP(=O)(OCC)OC(C)(C#N)c1ccc(C#N)cc1. The maximum absolute atomic E-state index is 12.4. The Morgan fingerprint density at radius 3 is 2.05 bits per heavy atom. The summed E-state index contributed by atoms with van der Waals surface area (Å²) in [5.41, 5.74) is -0.589. The van der Waals surface area contributed by atoms with Crippen molar-refractivity contribution >= 4 is 7.82 Å². The molecule has 0 aliphatic carbocycles. The van der Waals surface area contributed by atoms with Gasteiger partial charge in [0.05, 0.1) is 24.8 Å². The Balaban J connectivity index is 3.11. The van der Waals surface area contributed by atoms with E-state index in [0.29, 0.717) is 11.1 Å². The number of hydrogen-bond donors (Lipinski definition) is 0. The van der Waals surface area contributed by atoms with Crippen LogP contribution in [0.1, 0.15) is 31.9 Å². The second kappa shape index (κ2) is 7.36. The largest absolute Gasteiger partial charge is 0.476 e. The molecule has 0 amide bonds. The van der Waals surface area contributed by atoms with Gasteiger partial charge in [-0.25, -0.2) is 4.57 Å². The lowest BCUT2D eigenvalue weighted by Crippen LogP contribution is -2.23. The van der Waals surface area contributed by atoms with Gasteiger partial charge in [0.2, 0.25) is 0 Å². The molecule has 0 aromatic heterocycles. The predicted molar refractivity (Wildman–Crippen MR) is 76.1 cm³/mol. The van der Waals surface area contributed by atoms with Crippen LogP contribution in [0.25, 0.3) is 0 Å². The quantitative estimate of drug-likeness (QED) is 0.716. The Morgan fingerprint density at radius 2 is 1.67 bits per heavy atom. The van der Waals surface area contributed by atoms with Gasteiger partial charge in [-0.15, -0.1) is 0 Å². The third-order valence-electron chi connectivity index (χ3n) is 2.65. The highest BCUT2D eigenvalue weighted by atomic mass is 31.2. The molecule has 0 saturated carbocycles. The zero-order chi connectivity index (χ0) is 15.9. The molecule has 0 saturated heterocycles. The highest BCUT2D eigenvalue weighted by Gasteiger charge is 2.39. The second-order valence-corrected chi connectivity index (χ2v) is 5.80. The highest BCUT2D eigenvalue weighted by molar-refractivity contribution is 7.48. The van der Waals surface area contributed by atoms with Gasteiger partial charge in [-0.2, -0.15) is 10.5 Å². The molecule has 1 unspecified atom stereocenters. The lowest BCUT2D eigenvalue weighted by atomic mass is 9.97. The van der Waals surface area contributed by atoms with E-state index in [4.69, 9.17) is 18.8 Å². The van der Waals surface area contributed by atoms with Crippen molar-refractivity contribution in [3.8, 4) is 12.1 Å². The summed E-state index contributed by atoms with van der Waals surface area (Å²) >= 11 is 0. The van der Waals surface area contributed by atoms with Gasteiger partial charge < -0.3 is 0 Å².